The lowest BCUT2D eigenvalue weighted by Crippen LogP contribution is -2.44. The number of alkyl halides is 2. The SMILES string of the molecule is CC(C)(C)OC(=O)c1cc(OC(Br)Br)ccc1N1CCNCC1. The molecule has 0 spiro atoms. The van der Waals surface area contributed by atoms with E-state index in [1.165, 1.54) is 0 Å². The van der Waals surface area contributed by atoms with Crippen LogP contribution in [0.3, 0.4) is 0 Å². The van der Waals surface area contributed by atoms with Gasteiger partial charge in [-0.15, -0.1) is 0 Å². The average Bonchev–Trinajstić information content (AvgIpc) is 2.45. The van der Waals surface area contributed by atoms with Crippen LogP contribution < -0.4 is 15.0 Å². The molecule has 0 aromatic heterocycles. The first-order valence-corrected chi connectivity index (χ1v) is 9.37. The Bertz CT molecular complexity index is 553. The number of anilines is 1. The third-order valence-electron chi connectivity index (χ3n) is 3.27. The van der Waals surface area contributed by atoms with Crippen LogP contribution in [0.1, 0.15) is 31.1 Å². The molecule has 128 valence electrons. The number of hydrogen-bond donors (Lipinski definition) is 1. The van der Waals surface area contributed by atoms with Crippen molar-refractivity contribution in [1.82, 2.24) is 5.32 Å². The van der Waals surface area contributed by atoms with Crippen LogP contribution in [-0.4, -0.2) is 41.7 Å². The predicted octanol–water partition coefficient (Wildman–Crippen LogP) is 3.50. The smallest absolute Gasteiger partial charge is 0.340 e. The molecule has 0 saturated carbocycles. The van der Waals surface area contributed by atoms with Crippen LogP contribution in [0.15, 0.2) is 18.2 Å². The van der Waals surface area contributed by atoms with Gasteiger partial charge in [0.15, 0.2) is 0 Å². The van der Waals surface area contributed by atoms with Crippen molar-refractivity contribution in [2.24, 2.45) is 0 Å². The summed E-state index contributed by atoms with van der Waals surface area (Å²) in [5.74, 6) is 0.265. The number of carbonyl (C=O) groups is 1. The number of nitrogens with one attached hydrogen (secondary N) is 1. The largest absolute Gasteiger partial charge is 0.469 e. The molecule has 0 atom stereocenters. The first-order chi connectivity index (χ1) is 10.8. The standard InChI is InChI=1S/C16H22Br2N2O3/c1-16(2,3)23-14(21)12-10-11(22-15(17)18)4-5-13(12)20-8-6-19-7-9-20/h4-5,10,15,19H,6-9H2,1-3H3. The number of carbonyl (C=O) groups excluding carboxylic acids is 1. The van der Waals surface area contributed by atoms with Gasteiger partial charge in [-0.25, -0.2) is 4.79 Å². The molecule has 5 nitrogen and oxygen atoms in total. The van der Waals surface area contributed by atoms with E-state index in [0.29, 0.717) is 11.3 Å². The van der Waals surface area contributed by atoms with Gasteiger partial charge in [-0.1, -0.05) is 0 Å². The maximum absolute atomic E-state index is 12.6. The summed E-state index contributed by atoms with van der Waals surface area (Å²) in [5.41, 5.74) is 0.871. The third-order valence-corrected chi connectivity index (χ3v) is 3.64. The zero-order valence-corrected chi connectivity index (χ0v) is 16.7. The van der Waals surface area contributed by atoms with Gasteiger partial charge in [0.1, 0.15) is 11.4 Å². The van der Waals surface area contributed by atoms with Crippen molar-refractivity contribution >= 4 is 43.5 Å². The average molecular weight is 450 g/mol. The second-order valence-electron chi connectivity index (χ2n) is 6.30. The monoisotopic (exact) mass is 448 g/mol. The fourth-order valence-electron chi connectivity index (χ4n) is 2.37. The maximum atomic E-state index is 12.6. The predicted molar refractivity (Wildman–Crippen MR) is 99.0 cm³/mol. The Morgan fingerprint density at radius 3 is 2.48 bits per heavy atom. The van der Waals surface area contributed by atoms with E-state index in [9.17, 15) is 4.79 Å². The first-order valence-electron chi connectivity index (χ1n) is 7.54. The summed E-state index contributed by atoms with van der Waals surface area (Å²) in [7, 11) is 0. The van der Waals surface area contributed by atoms with Gasteiger partial charge in [-0.05, 0) is 70.8 Å². The molecule has 1 fully saturated rings. The van der Waals surface area contributed by atoms with E-state index < -0.39 is 5.60 Å². The zero-order valence-electron chi connectivity index (χ0n) is 13.6. The molecular weight excluding hydrogens is 428 g/mol. The fraction of sp³-hybridized carbons (Fsp3) is 0.562. The quantitative estimate of drug-likeness (QED) is 0.563. The topological polar surface area (TPSA) is 50.8 Å². The molecule has 0 bridgehead atoms. The lowest BCUT2D eigenvalue weighted by atomic mass is 10.1. The normalized spacial score (nSPS) is 15.7. The minimum Gasteiger partial charge on any atom is -0.469 e. The number of esters is 1. The summed E-state index contributed by atoms with van der Waals surface area (Å²) in [6.07, 6.45) is 0. The summed E-state index contributed by atoms with van der Waals surface area (Å²) >= 11 is 6.55. The summed E-state index contributed by atoms with van der Waals surface area (Å²) < 4.78 is 10.8. The minimum atomic E-state index is -0.540. The number of hydrogen-bond acceptors (Lipinski definition) is 5. The summed E-state index contributed by atoms with van der Waals surface area (Å²) in [4.78, 5) is 14.8. The van der Waals surface area contributed by atoms with E-state index in [1.807, 2.05) is 32.9 Å². The Morgan fingerprint density at radius 1 is 1.26 bits per heavy atom. The molecule has 1 saturated heterocycles. The van der Waals surface area contributed by atoms with Crippen molar-refractivity contribution in [3.05, 3.63) is 23.8 Å². The van der Waals surface area contributed by atoms with Crippen LogP contribution in [0.5, 0.6) is 5.75 Å². The van der Waals surface area contributed by atoms with Crippen molar-refractivity contribution in [2.45, 2.75) is 30.3 Å². The van der Waals surface area contributed by atoms with Gasteiger partial charge in [0.25, 0.3) is 0 Å². The zero-order chi connectivity index (χ0) is 17.0. The lowest BCUT2D eigenvalue weighted by molar-refractivity contribution is 0.00698. The second kappa shape index (κ2) is 7.85. The van der Waals surface area contributed by atoms with Gasteiger partial charge in [-0.2, -0.15) is 0 Å². The van der Waals surface area contributed by atoms with E-state index in [4.69, 9.17) is 9.47 Å². The minimum absolute atomic E-state index is 0.313. The number of rotatable bonds is 4. The van der Waals surface area contributed by atoms with Crippen molar-refractivity contribution < 1.29 is 14.3 Å². The van der Waals surface area contributed by atoms with E-state index in [1.54, 1.807) is 6.07 Å². The molecule has 1 N–H and O–H groups in total. The van der Waals surface area contributed by atoms with Crippen LogP contribution >= 0.6 is 31.9 Å². The van der Waals surface area contributed by atoms with Crippen molar-refractivity contribution in [3.63, 3.8) is 0 Å². The Labute approximate surface area is 154 Å². The number of halogens is 2. The van der Waals surface area contributed by atoms with Crippen LogP contribution in [0.25, 0.3) is 0 Å². The molecule has 7 heteroatoms. The van der Waals surface area contributed by atoms with E-state index >= 15 is 0 Å². The molecule has 23 heavy (non-hydrogen) atoms. The molecule has 0 amide bonds. The highest BCUT2D eigenvalue weighted by molar-refractivity contribution is 9.24. The van der Waals surface area contributed by atoms with Gasteiger partial charge in [0.2, 0.25) is 3.92 Å². The van der Waals surface area contributed by atoms with Crippen molar-refractivity contribution in [2.75, 3.05) is 31.1 Å². The van der Waals surface area contributed by atoms with Gasteiger partial charge in [0.05, 0.1) is 11.3 Å². The summed E-state index contributed by atoms with van der Waals surface area (Å²) in [6.45, 7) is 9.10. The molecular formula is C16H22Br2N2O3. The Balaban J connectivity index is 2.33. The summed E-state index contributed by atoms with van der Waals surface area (Å²) in [5, 5.41) is 3.31. The van der Waals surface area contributed by atoms with Gasteiger partial charge < -0.3 is 19.7 Å². The highest BCUT2D eigenvalue weighted by Crippen LogP contribution is 2.29. The van der Waals surface area contributed by atoms with Crippen LogP contribution in [0.4, 0.5) is 5.69 Å². The number of piperazine rings is 1. The molecule has 2 rings (SSSR count). The molecule has 0 radical (unpaired) electrons. The lowest BCUT2D eigenvalue weighted by Gasteiger charge is -2.31. The second-order valence-corrected chi connectivity index (χ2v) is 9.19. The molecule has 0 aliphatic carbocycles. The van der Waals surface area contributed by atoms with Crippen molar-refractivity contribution in [1.29, 1.82) is 0 Å². The highest BCUT2D eigenvalue weighted by Gasteiger charge is 2.24. The Morgan fingerprint density at radius 2 is 1.91 bits per heavy atom. The molecule has 1 aliphatic heterocycles. The highest BCUT2D eigenvalue weighted by atomic mass is 79.9. The number of nitrogens with zero attached hydrogens (tertiary/aromatic N) is 1. The van der Waals surface area contributed by atoms with E-state index in [2.05, 4.69) is 42.1 Å². The summed E-state index contributed by atoms with van der Waals surface area (Å²) in [6, 6.07) is 5.52. The third kappa shape index (κ3) is 5.65. The van der Waals surface area contributed by atoms with Crippen LogP contribution in [-0.2, 0) is 4.74 Å². The van der Waals surface area contributed by atoms with E-state index in [0.717, 1.165) is 31.9 Å². The van der Waals surface area contributed by atoms with Crippen LogP contribution in [0.2, 0.25) is 0 Å². The Hall–Kier alpha value is -0.790. The molecule has 1 aromatic rings. The molecule has 1 aliphatic rings. The van der Waals surface area contributed by atoms with Crippen molar-refractivity contribution in [3.8, 4) is 5.75 Å². The van der Waals surface area contributed by atoms with Gasteiger partial charge in [-0.3, -0.25) is 0 Å². The first kappa shape index (κ1) is 18.5. The van der Waals surface area contributed by atoms with Crippen LogP contribution in [0, 0.1) is 0 Å². The number of benzene rings is 1. The van der Waals surface area contributed by atoms with E-state index in [-0.39, 0.29) is 9.89 Å². The molecule has 0 unspecified atom stereocenters. The fourth-order valence-corrected chi connectivity index (χ4v) is 2.80. The number of ether oxygens (including phenoxy) is 2. The molecule has 1 heterocycles. The maximum Gasteiger partial charge on any atom is 0.340 e. The van der Waals surface area contributed by atoms with Gasteiger partial charge in [0, 0.05) is 26.2 Å². The molecule has 1 aromatic carbocycles. The van der Waals surface area contributed by atoms with Gasteiger partial charge >= 0.3 is 5.97 Å². The Kier molecular flexibility index (Phi) is 6.33.